The second-order valence-electron chi connectivity index (χ2n) is 7.72. The number of carbonyl (C=O) groups excluding carboxylic acids is 1. The van der Waals surface area contributed by atoms with Gasteiger partial charge in [-0.1, -0.05) is 38.3 Å². The van der Waals surface area contributed by atoms with Gasteiger partial charge < -0.3 is 9.47 Å². The summed E-state index contributed by atoms with van der Waals surface area (Å²) in [5, 5.41) is 2.91. The molecule has 27 heavy (non-hydrogen) atoms. The molecule has 1 aromatic carbocycles. The first-order valence-electron chi connectivity index (χ1n) is 10.7. The summed E-state index contributed by atoms with van der Waals surface area (Å²) in [5.74, 6) is 0.713. The number of unbranched alkanes of at least 4 members (excludes halogenated alkanes) is 2. The van der Waals surface area contributed by atoms with Crippen LogP contribution in [0.5, 0.6) is 5.75 Å². The number of hydrogen-bond donors (Lipinski definition) is 1. The lowest BCUT2D eigenvalue weighted by Crippen LogP contribution is -2.46. The van der Waals surface area contributed by atoms with Crippen LogP contribution >= 0.6 is 0 Å². The lowest BCUT2D eigenvalue weighted by molar-refractivity contribution is 0.0176. The summed E-state index contributed by atoms with van der Waals surface area (Å²) in [6, 6.07) is 7.98. The maximum atomic E-state index is 12.6. The second-order valence-corrected chi connectivity index (χ2v) is 7.72. The van der Waals surface area contributed by atoms with Gasteiger partial charge in [-0.3, -0.25) is 10.2 Å². The predicted molar refractivity (Wildman–Crippen MR) is 108 cm³/mol. The number of nitrogens with one attached hydrogen (secondary N) is 1. The second kappa shape index (κ2) is 10.5. The van der Waals surface area contributed by atoms with Crippen molar-refractivity contribution < 1.29 is 14.3 Å². The van der Waals surface area contributed by atoms with Gasteiger partial charge in [0.05, 0.1) is 12.3 Å². The Bertz CT molecular complexity index is 587. The predicted octanol–water partition coefficient (Wildman–Crippen LogP) is 5.21. The molecule has 1 saturated heterocycles. The molecule has 3 rings (SSSR count). The van der Waals surface area contributed by atoms with Gasteiger partial charge in [0.15, 0.2) is 0 Å². The van der Waals surface area contributed by atoms with Gasteiger partial charge in [-0.2, -0.15) is 0 Å². The molecule has 5 heteroatoms. The van der Waals surface area contributed by atoms with Crippen molar-refractivity contribution in [2.24, 2.45) is 0 Å². The Hall–Kier alpha value is -1.75. The average Bonchev–Trinajstić information content (AvgIpc) is 3.21. The first kappa shape index (κ1) is 20.0. The number of nitrogens with zero attached hydrogens (tertiary/aromatic N) is 1. The number of amides is 1. The molecule has 1 N–H and O–H groups in total. The zero-order valence-electron chi connectivity index (χ0n) is 16.6. The Morgan fingerprint density at radius 1 is 1.11 bits per heavy atom. The van der Waals surface area contributed by atoms with Crippen LogP contribution in [-0.2, 0) is 4.74 Å². The molecule has 1 heterocycles. The molecule has 1 saturated carbocycles. The molecule has 1 aliphatic carbocycles. The van der Waals surface area contributed by atoms with Crippen LogP contribution in [0.25, 0.3) is 0 Å². The van der Waals surface area contributed by atoms with Crippen LogP contribution in [0, 0.1) is 0 Å². The third kappa shape index (κ3) is 5.86. The number of likely N-dealkylation sites (tertiary alicyclic amines) is 1. The normalized spacial score (nSPS) is 23.1. The van der Waals surface area contributed by atoms with Crippen LogP contribution in [0.3, 0.4) is 0 Å². The van der Waals surface area contributed by atoms with E-state index in [1.54, 1.807) is 0 Å². The third-order valence-corrected chi connectivity index (χ3v) is 5.67. The first-order valence-corrected chi connectivity index (χ1v) is 10.7. The minimum absolute atomic E-state index is 0.00511. The number of benzene rings is 1. The molecule has 2 atom stereocenters. The molecule has 1 aliphatic heterocycles. The SMILES string of the molecule is CCCCCOc1ccccc1NC(=O)OC1CCCCC1N1CCCC1. The van der Waals surface area contributed by atoms with E-state index in [1.165, 1.54) is 19.3 Å². The smallest absolute Gasteiger partial charge is 0.412 e. The quantitative estimate of drug-likeness (QED) is 0.635. The summed E-state index contributed by atoms with van der Waals surface area (Å²) in [4.78, 5) is 15.1. The van der Waals surface area contributed by atoms with Crippen molar-refractivity contribution in [2.75, 3.05) is 25.0 Å². The van der Waals surface area contributed by atoms with Crippen LogP contribution < -0.4 is 10.1 Å². The topological polar surface area (TPSA) is 50.8 Å². The van der Waals surface area contributed by atoms with Gasteiger partial charge in [0.1, 0.15) is 11.9 Å². The number of rotatable bonds is 8. The summed E-state index contributed by atoms with van der Waals surface area (Å²) < 4.78 is 11.7. The highest BCUT2D eigenvalue weighted by Gasteiger charge is 2.34. The number of hydrogen-bond acceptors (Lipinski definition) is 4. The van der Waals surface area contributed by atoms with Crippen LogP contribution in [-0.4, -0.2) is 42.8 Å². The average molecular weight is 375 g/mol. The van der Waals surface area contributed by atoms with Crippen molar-refractivity contribution in [2.45, 2.75) is 76.9 Å². The van der Waals surface area contributed by atoms with E-state index in [4.69, 9.17) is 9.47 Å². The molecule has 2 aliphatic rings. The Balaban J connectivity index is 1.55. The fraction of sp³-hybridized carbons (Fsp3) is 0.682. The summed E-state index contributed by atoms with van der Waals surface area (Å²) >= 11 is 0. The maximum absolute atomic E-state index is 12.6. The molecule has 2 fully saturated rings. The van der Waals surface area contributed by atoms with Crippen molar-refractivity contribution in [3.63, 3.8) is 0 Å². The maximum Gasteiger partial charge on any atom is 0.412 e. The molecule has 0 radical (unpaired) electrons. The summed E-state index contributed by atoms with van der Waals surface area (Å²) in [6.45, 7) is 5.12. The molecular formula is C22H34N2O3. The van der Waals surface area contributed by atoms with Gasteiger partial charge in [-0.25, -0.2) is 4.79 Å². The number of para-hydroxylation sites is 2. The Labute approximate surface area is 163 Å². The summed E-state index contributed by atoms with van der Waals surface area (Å²) in [7, 11) is 0. The van der Waals surface area contributed by atoms with Gasteiger partial charge in [-0.05, 0) is 63.7 Å². The van der Waals surface area contributed by atoms with Gasteiger partial charge in [0.2, 0.25) is 0 Å². The summed E-state index contributed by atoms with van der Waals surface area (Å²) in [6.07, 6.45) is 9.96. The molecule has 150 valence electrons. The van der Waals surface area contributed by atoms with Crippen LogP contribution in [0.15, 0.2) is 24.3 Å². The van der Waals surface area contributed by atoms with E-state index in [-0.39, 0.29) is 12.2 Å². The van der Waals surface area contributed by atoms with Crippen LogP contribution in [0.1, 0.15) is 64.7 Å². The lowest BCUT2D eigenvalue weighted by Gasteiger charge is -2.37. The zero-order valence-corrected chi connectivity index (χ0v) is 16.6. The Morgan fingerprint density at radius 3 is 2.70 bits per heavy atom. The minimum Gasteiger partial charge on any atom is -0.491 e. The molecule has 5 nitrogen and oxygen atoms in total. The van der Waals surface area contributed by atoms with E-state index in [1.807, 2.05) is 24.3 Å². The van der Waals surface area contributed by atoms with E-state index < -0.39 is 0 Å². The standard InChI is InChI=1S/C22H34N2O3/c1-2-3-10-17-26-20-13-6-4-11-18(20)23-22(25)27-21-14-7-5-12-19(21)24-15-8-9-16-24/h4,6,11,13,19,21H,2-3,5,7-10,12,14-17H2,1H3,(H,23,25). The van der Waals surface area contributed by atoms with Crippen molar-refractivity contribution in [1.82, 2.24) is 4.90 Å². The monoisotopic (exact) mass is 374 g/mol. The van der Waals surface area contributed by atoms with Crippen molar-refractivity contribution in [1.29, 1.82) is 0 Å². The highest BCUT2D eigenvalue weighted by molar-refractivity contribution is 5.86. The van der Waals surface area contributed by atoms with Crippen LogP contribution in [0.2, 0.25) is 0 Å². The lowest BCUT2D eigenvalue weighted by atomic mass is 9.91. The number of carbonyl (C=O) groups is 1. The van der Waals surface area contributed by atoms with Gasteiger partial charge in [-0.15, -0.1) is 0 Å². The minimum atomic E-state index is -0.365. The number of anilines is 1. The van der Waals surface area contributed by atoms with Gasteiger partial charge in [0.25, 0.3) is 0 Å². The van der Waals surface area contributed by atoms with E-state index in [9.17, 15) is 4.79 Å². The molecule has 0 bridgehead atoms. The van der Waals surface area contributed by atoms with Gasteiger partial charge in [0, 0.05) is 6.04 Å². The summed E-state index contributed by atoms with van der Waals surface area (Å²) in [5.41, 5.74) is 0.688. The molecule has 2 unspecified atom stereocenters. The third-order valence-electron chi connectivity index (χ3n) is 5.67. The van der Waals surface area contributed by atoms with E-state index in [2.05, 4.69) is 17.1 Å². The van der Waals surface area contributed by atoms with E-state index in [0.29, 0.717) is 24.1 Å². The highest BCUT2D eigenvalue weighted by Crippen LogP contribution is 2.29. The molecule has 0 aromatic heterocycles. The molecule has 1 amide bonds. The van der Waals surface area contributed by atoms with Gasteiger partial charge >= 0.3 is 6.09 Å². The molecule has 1 aromatic rings. The largest absolute Gasteiger partial charge is 0.491 e. The number of ether oxygens (including phenoxy) is 2. The zero-order chi connectivity index (χ0) is 18.9. The van der Waals surface area contributed by atoms with Crippen LogP contribution in [0.4, 0.5) is 10.5 Å². The van der Waals surface area contributed by atoms with E-state index >= 15 is 0 Å². The van der Waals surface area contributed by atoms with Crippen molar-refractivity contribution in [3.05, 3.63) is 24.3 Å². The van der Waals surface area contributed by atoms with Crippen molar-refractivity contribution in [3.8, 4) is 5.75 Å². The highest BCUT2D eigenvalue weighted by atomic mass is 16.6. The fourth-order valence-corrected chi connectivity index (χ4v) is 4.21. The molecule has 0 spiro atoms. The Morgan fingerprint density at radius 2 is 1.89 bits per heavy atom. The fourth-order valence-electron chi connectivity index (χ4n) is 4.21. The Kier molecular flexibility index (Phi) is 7.81. The van der Waals surface area contributed by atoms with E-state index in [0.717, 1.165) is 51.6 Å². The first-order chi connectivity index (χ1) is 13.3. The van der Waals surface area contributed by atoms with Crippen molar-refractivity contribution >= 4 is 11.8 Å². The molecular weight excluding hydrogens is 340 g/mol.